The molecule has 3 rings (SSSR count). The molecule has 3 aromatic rings. The molecule has 0 saturated heterocycles. The average molecular weight is 459 g/mol. The van der Waals surface area contributed by atoms with Crippen LogP contribution in [0.5, 0.6) is 0 Å². The lowest BCUT2D eigenvalue weighted by molar-refractivity contribution is -0.114. The van der Waals surface area contributed by atoms with Gasteiger partial charge in [-0.15, -0.1) is 0 Å². The number of carbonyl (C=O) groups is 2. The van der Waals surface area contributed by atoms with E-state index in [0.29, 0.717) is 16.3 Å². The third-order valence-corrected chi connectivity index (χ3v) is 4.88. The summed E-state index contributed by atoms with van der Waals surface area (Å²) in [5.74, 6) is -1.28. The predicted octanol–water partition coefficient (Wildman–Crippen LogP) is 5.52. The molecule has 1 amide bonds. The molecular formula is C22H17Cl2FN4O2. The van der Waals surface area contributed by atoms with Gasteiger partial charge in [0.25, 0.3) is 5.91 Å². The van der Waals surface area contributed by atoms with Crippen molar-refractivity contribution in [1.29, 1.82) is 0 Å². The number of nitrogens with zero attached hydrogens (tertiary/aromatic N) is 2. The van der Waals surface area contributed by atoms with E-state index in [1.165, 1.54) is 30.5 Å². The van der Waals surface area contributed by atoms with E-state index in [1.54, 1.807) is 25.1 Å². The number of halogens is 3. The molecule has 1 aromatic heterocycles. The summed E-state index contributed by atoms with van der Waals surface area (Å²) in [4.78, 5) is 32.7. The molecule has 0 aliphatic rings. The van der Waals surface area contributed by atoms with Crippen LogP contribution < -0.4 is 10.6 Å². The molecule has 9 heteroatoms. The third kappa shape index (κ3) is 5.45. The van der Waals surface area contributed by atoms with Crippen molar-refractivity contribution in [3.05, 3.63) is 88.1 Å². The van der Waals surface area contributed by atoms with Crippen LogP contribution >= 0.6 is 23.2 Å². The normalized spacial score (nSPS) is 10.5. The first-order valence-corrected chi connectivity index (χ1v) is 9.83. The molecule has 2 N–H and O–H groups in total. The SMILES string of the molecule is C=CC(=O)Cc1ccc(F)cc1Nc1nc(Cl)ncc1C(=O)Nc1c(C)cccc1Cl. The zero-order valence-electron chi connectivity index (χ0n) is 16.4. The Bertz CT molecular complexity index is 1160. The van der Waals surface area contributed by atoms with Crippen molar-refractivity contribution in [2.75, 3.05) is 10.6 Å². The average Bonchev–Trinajstić information content (AvgIpc) is 2.72. The van der Waals surface area contributed by atoms with Gasteiger partial charge in [0.15, 0.2) is 5.78 Å². The Balaban J connectivity index is 1.98. The number of ketones is 1. The van der Waals surface area contributed by atoms with Crippen LogP contribution in [0.25, 0.3) is 0 Å². The highest BCUT2D eigenvalue weighted by molar-refractivity contribution is 6.34. The first-order valence-electron chi connectivity index (χ1n) is 9.08. The summed E-state index contributed by atoms with van der Waals surface area (Å²) < 4.78 is 13.9. The van der Waals surface area contributed by atoms with Gasteiger partial charge in [0.05, 0.1) is 10.7 Å². The first kappa shape index (κ1) is 22.4. The number of carbonyl (C=O) groups excluding carboxylic acids is 2. The molecule has 0 aliphatic carbocycles. The zero-order valence-corrected chi connectivity index (χ0v) is 17.9. The van der Waals surface area contributed by atoms with Gasteiger partial charge in [-0.05, 0) is 53.9 Å². The van der Waals surface area contributed by atoms with Crippen molar-refractivity contribution < 1.29 is 14.0 Å². The molecule has 0 unspecified atom stereocenters. The van der Waals surface area contributed by atoms with Gasteiger partial charge in [0.1, 0.15) is 17.2 Å². The fourth-order valence-corrected chi connectivity index (χ4v) is 3.20. The zero-order chi connectivity index (χ0) is 22.5. The minimum Gasteiger partial charge on any atom is -0.339 e. The van der Waals surface area contributed by atoms with Crippen molar-refractivity contribution in [2.45, 2.75) is 13.3 Å². The molecule has 0 fully saturated rings. The van der Waals surface area contributed by atoms with Crippen LogP contribution in [0.4, 0.5) is 21.6 Å². The number of rotatable bonds is 7. The summed E-state index contributed by atoms with van der Waals surface area (Å²) in [6.45, 7) is 5.25. The van der Waals surface area contributed by atoms with Crippen LogP contribution in [0.2, 0.25) is 10.3 Å². The molecule has 31 heavy (non-hydrogen) atoms. The number of aryl methyl sites for hydroxylation is 1. The summed E-state index contributed by atoms with van der Waals surface area (Å²) in [7, 11) is 0. The topological polar surface area (TPSA) is 84.0 Å². The van der Waals surface area contributed by atoms with E-state index in [-0.39, 0.29) is 34.6 Å². The number of amides is 1. The summed E-state index contributed by atoms with van der Waals surface area (Å²) in [5, 5.41) is 5.88. The van der Waals surface area contributed by atoms with Gasteiger partial charge < -0.3 is 10.6 Å². The lowest BCUT2D eigenvalue weighted by atomic mass is 10.1. The lowest BCUT2D eigenvalue weighted by Gasteiger charge is -2.15. The number of anilines is 3. The van der Waals surface area contributed by atoms with E-state index in [0.717, 1.165) is 5.56 Å². The highest BCUT2D eigenvalue weighted by Gasteiger charge is 2.18. The second-order valence-electron chi connectivity index (χ2n) is 6.56. The Hall–Kier alpha value is -3.29. The van der Waals surface area contributed by atoms with Crippen LogP contribution in [0.15, 0.2) is 55.3 Å². The first-order chi connectivity index (χ1) is 14.8. The number of nitrogens with one attached hydrogen (secondary N) is 2. The molecule has 158 valence electrons. The molecular weight excluding hydrogens is 442 g/mol. The Morgan fingerprint density at radius 2 is 2.00 bits per heavy atom. The molecule has 6 nitrogen and oxygen atoms in total. The number of benzene rings is 2. The fourth-order valence-electron chi connectivity index (χ4n) is 2.80. The van der Waals surface area contributed by atoms with Gasteiger partial charge in [-0.3, -0.25) is 9.59 Å². The minimum absolute atomic E-state index is 0.00865. The van der Waals surface area contributed by atoms with Crippen molar-refractivity contribution in [3.63, 3.8) is 0 Å². The van der Waals surface area contributed by atoms with Crippen molar-refractivity contribution in [1.82, 2.24) is 9.97 Å². The number of aromatic nitrogens is 2. The number of hydrogen-bond acceptors (Lipinski definition) is 5. The van der Waals surface area contributed by atoms with Crippen LogP contribution in [0.3, 0.4) is 0 Å². The fraction of sp³-hybridized carbons (Fsp3) is 0.0909. The Morgan fingerprint density at radius 3 is 2.71 bits per heavy atom. The van der Waals surface area contributed by atoms with E-state index in [9.17, 15) is 14.0 Å². The molecule has 0 bridgehead atoms. The summed E-state index contributed by atoms with van der Waals surface area (Å²) in [6, 6.07) is 9.11. The van der Waals surface area contributed by atoms with E-state index in [4.69, 9.17) is 23.2 Å². The number of hydrogen-bond donors (Lipinski definition) is 2. The smallest absolute Gasteiger partial charge is 0.261 e. The molecule has 2 aromatic carbocycles. The molecule has 0 spiro atoms. The maximum Gasteiger partial charge on any atom is 0.261 e. The van der Waals surface area contributed by atoms with Crippen molar-refractivity contribution in [3.8, 4) is 0 Å². The van der Waals surface area contributed by atoms with Crippen LogP contribution in [-0.4, -0.2) is 21.7 Å². The second-order valence-corrected chi connectivity index (χ2v) is 7.31. The highest BCUT2D eigenvalue weighted by Crippen LogP contribution is 2.28. The Labute approximate surface area is 188 Å². The maximum atomic E-state index is 13.9. The van der Waals surface area contributed by atoms with E-state index in [1.807, 2.05) is 0 Å². The van der Waals surface area contributed by atoms with Gasteiger partial charge in [0.2, 0.25) is 5.28 Å². The summed E-state index contributed by atoms with van der Waals surface area (Å²) >= 11 is 12.1. The van der Waals surface area contributed by atoms with Gasteiger partial charge in [-0.25, -0.2) is 9.37 Å². The van der Waals surface area contributed by atoms with Crippen molar-refractivity contribution >= 4 is 52.1 Å². The van der Waals surface area contributed by atoms with Crippen molar-refractivity contribution in [2.24, 2.45) is 0 Å². The van der Waals surface area contributed by atoms with E-state index in [2.05, 4.69) is 27.2 Å². The van der Waals surface area contributed by atoms with Crippen LogP contribution in [0, 0.1) is 12.7 Å². The summed E-state index contributed by atoms with van der Waals surface area (Å²) in [6.07, 6.45) is 2.41. The van der Waals surface area contributed by atoms with Crippen LogP contribution in [-0.2, 0) is 11.2 Å². The molecule has 0 aliphatic heterocycles. The quantitative estimate of drug-likeness (QED) is 0.359. The highest BCUT2D eigenvalue weighted by atomic mass is 35.5. The number of para-hydroxylation sites is 1. The number of allylic oxidation sites excluding steroid dienone is 1. The predicted molar refractivity (Wildman–Crippen MR) is 120 cm³/mol. The van der Waals surface area contributed by atoms with Gasteiger partial charge in [0, 0.05) is 18.3 Å². The summed E-state index contributed by atoms with van der Waals surface area (Å²) in [5.41, 5.74) is 2.01. The van der Waals surface area contributed by atoms with Gasteiger partial charge >= 0.3 is 0 Å². The van der Waals surface area contributed by atoms with E-state index >= 15 is 0 Å². The second kappa shape index (κ2) is 9.68. The Morgan fingerprint density at radius 1 is 1.23 bits per heavy atom. The third-order valence-electron chi connectivity index (χ3n) is 4.38. The Kier molecular flexibility index (Phi) is 6.99. The maximum absolute atomic E-state index is 13.9. The molecule has 0 radical (unpaired) electrons. The monoisotopic (exact) mass is 458 g/mol. The largest absolute Gasteiger partial charge is 0.339 e. The molecule has 1 heterocycles. The van der Waals surface area contributed by atoms with Gasteiger partial charge in [-0.2, -0.15) is 4.98 Å². The molecule has 0 saturated carbocycles. The lowest BCUT2D eigenvalue weighted by Crippen LogP contribution is -2.17. The van der Waals surface area contributed by atoms with E-state index < -0.39 is 11.7 Å². The standard InChI is InChI=1S/C22H17Cl2FN4O2/c1-3-15(30)9-13-7-8-14(25)10-18(13)27-20-16(11-26-22(24)29-20)21(31)28-19-12(2)5-4-6-17(19)23/h3-8,10-11H,1,9H2,2H3,(H,28,31)(H,26,27,29). The minimum atomic E-state index is -0.546. The van der Waals surface area contributed by atoms with Gasteiger partial charge in [-0.1, -0.05) is 36.4 Å². The molecule has 0 atom stereocenters. The van der Waals surface area contributed by atoms with Crippen LogP contribution in [0.1, 0.15) is 21.5 Å².